The van der Waals surface area contributed by atoms with Crippen LogP contribution >= 0.6 is 0 Å². The molecule has 2 rings (SSSR count). The first-order chi connectivity index (χ1) is 8.77. The molecule has 0 radical (unpaired) electrons. The minimum absolute atomic E-state index is 0.284. The average Bonchev–Trinajstić information content (AvgIpc) is 2.41. The van der Waals surface area contributed by atoms with Gasteiger partial charge in [-0.1, -0.05) is 60.7 Å². The Labute approximate surface area is 106 Å². The van der Waals surface area contributed by atoms with Gasteiger partial charge in [-0.3, -0.25) is 0 Å². The summed E-state index contributed by atoms with van der Waals surface area (Å²) in [4.78, 5) is 11.2. The summed E-state index contributed by atoms with van der Waals surface area (Å²) in [5.41, 5.74) is 1.61. The molecule has 0 aliphatic heterocycles. The summed E-state index contributed by atoms with van der Waals surface area (Å²) in [6.07, 6.45) is -0.925. The quantitative estimate of drug-likeness (QED) is 0.876. The van der Waals surface area contributed by atoms with E-state index in [4.69, 9.17) is 4.74 Å². The predicted molar refractivity (Wildman–Crippen MR) is 68.0 cm³/mol. The number of ether oxygens (including phenoxy) is 1. The fourth-order valence-electron chi connectivity index (χ4n) is 1.69. The van der Waals surface area contributed by atoms with E-state index in [1.807, 2.05) is 36.4 Å². The summed E-state index contributed by atoms with van der Waals surface area (Å²) in [7, 11) is 0. The van der Waals surface area contributed by atoms with Gasteiger partial charge in [0, 0.05) is 0 Å². The molecule has 0 saturated heterocycles. The molecule has 0 fully saturated rings. The summed E-state index contributed by atoms with van der Waals surface area (Å²) in [5.74, 6) is -0.975. The first-order valence-electron chi connectivity index (χ1n) is 5.70. The number of carboxylic acids is 1. The summed E-state index contributed by atoms with van der Waals surface area (Å²) in [5, 5.41) is 9.18. The Morgan fingerprint density at radius 3 is 2.11 bits per heavy atom. The highest BCUT2D eigenvalue weighted by molar-refractivity contribution is 5.74. The Hall–Kier alpha value is -2.13. The molecule has 2 aromatic rings. The Kier molecular flexibility index (Phi) is 4.10. The van der Waals surface area contributed by atoms with E-state index in [0.717, 1.165) is 5.56 Å². The highest BCUT2D eigenvalue weighted by Crippen LogP contribution is 2.19. The van der Waals surface area contributed by atoms with Crippen LogP contribution in [0.4, 0.5) is 0 Å². The fraction of sp³-hybridized carbons (Fsp3) is 0.133. The standard InChI is InChI=1S/C15H14O3/c16-15(17)14(13-9-5-2-6-10-13)18-11-12-7-3-1-4-8-12/h1-10,14H,11H2,(H,16,17). The van der Waals surface area contributed by atoms with Gasteiger partial charge in [-0.05, 0) is 11.1 Å². The summed E-state index contributed by atoms with van der Waals surface area (Å²) < 4.78 is 5.48. The monoisotopic (exact) mass is 242 g/mol. The predicted octanol–water partition coefficient (Wildman–Crippen LogP) is 3.03. The van der Waals surface area contributed by atoms with Crippen molar-refractivity contribution in [3.8, 4) is 0 Å². The number of carboxylic acid groups (broad SMARTS) is 1. The number of hydrogen-bond acceptors (Lipinski definition) is 2. The van der Waals surface area contributed by atoms with Gasteiger partial charge in [0.15, 0.2) is 6.10 Å². The van der Waals surface area contributed by atoms with Crippen LogP contribution < -0.4 is 0 Å². The van der Waals surface area contributed by atoms with Crippen LogP contribution in [0.5, 0.6) is 0 Å². The molecule has 1 unspecified atom stereocenters. The lowest BCUT2D eigenvalue weighted by atomic mass is 10.1. The lowest BCUT2D eigenvalue weighted by Crippen LogP contribution is -2.15. The molecule has 0 amide bonds. The lowest BCUT2D eigenvalue weighted by molar-refractivity contribution is -0.151. The topological polar surface area (TPSA) is 46.5 Å². The largest absolute Gasteiger partial charge is 0.479 e. The van der Waals surface area contributed by atoms with Crippen LogP contribution in [0.2, 0.25) is 0 Å². The van der Waals surface area contributed by atoms with Crippen molar-refractivity contribution >= 4 is 5.97 Å². The van der Waals surface area contributed by atoms with E-state index in [9.17, 15) is 9.90 Å². The molecule has 3 nitrogen and oxygen atoms in total. The summed E-state index contributed by atoms with van der Waals surface area (Å²) >= 11 is 0. The smallest absolute Gasteiger partial charge is 0.337 e. The van der Waals surface area contributed by atoms with Crippen molar-refractivity contribution in [2.24, 2.45) is 0 Å². The molecule has 0 aliphatic carbocycles. The van der Waals surface area contributed by atoms with Gasteiger partial charge in [0.25, 0.3) is 0 Å². The van der Waals surface area contributed by atoms with Gasteiger partial charge in [-0.15, -0.1) is 0 Å². The van der Waals surface area contributed by atoms with Crippen molar-refractivity contribution in [2.75, 3.05) is 0 Å². The van der Waals surface area contributed by atoms with E-state index in [2.05, 4.69) is 0 Å². The molecule has 0 bridgehead atoms. The van der Waals surface area contributed by atoms with Crippen molar-refractivity contribution in [3.63, 3.8) is 0 Å². The van der Waals surface area contributed by atoms with Gasteiger partial charge in [-0.2, -0.15) is 0 Å². The van der Waals surface area contributed by atoms with Crippen LogP contribution in [0.15, 0.2) is 60.7 Å². The average molecular weight is 242 g/mol. The first-order valence-corrected chi connectivity index (χ1v) is 5.70. The minimum atomic E-state index is -0.975. The molecule has 0 spiro atoms. The zero-order valence-electron chi connectivity index (χ0n) is 9.82. The van der Waals surface area contributed by atoms with Gasteiger partial charge < -0.3 is 9.84 Å². The lowest BCUT2D eigenvalue weighted by Gasteiger charge is -2.13. The third-order valence-electron chi connectivity index (χ3n) is 2.59. The van der Waals surface area contributed by atoms with Crippen LogP contribution in [0.25, 0.3) is 0 Å². The second-order valence-corrected chi connectivity index (χ2v) is 3.93. The van der Waals surface area contributed by atoms with Crippen LogP contribution in [-0.2, 0) is 16.1 Å². The van der Waals surface area contributed by atoms with E-state index in [1.165, 1.54) is 0 Å². The summed E-state index contributed by atoms with van der Waals surface area (Å²) in [6.45, 7) is 0.284. The molecule has 0 saturated carbocycles. The number of benzene rings is 2. The molecule has 2 aromatic carbocycles. The summed E-state index contributed by atoms with van der Waals surface area (Å²) in [6, 6.07) is 18.5. The van der Waals surface area contributed by atoms with Crippen LogP contribution in [-0.4, -0.2) is 11.1 Å². The second-order valence-electron chi connectivity index (χ2n) is 3.93. The second kappa shape index (κ2) is 5.98. The van der Waals surface area contributed by atoms with Crippen molar-refractivity contribution < 1.29 is 14.6 Å². The van der Waals surface area contributed by atoms with Gasteiger partial charge >= 0.3 is 5.97 Å². The first kappa shape index (κ1) is 12.3. The fourth-order valence-corrected chi connectivity index (χ4v) is 1.69. The number of rotatable bonds is 5. The zero-order valence-corrected chi connectivity index (χ0v) is 9.82. The van der Waals surface area contributed by atoms with Crippen LogP contribution in [0.3, 0.4) is 0 Å². The highest BCUT2D eigenvalue weighted by Gasteiger charge is 2.19. The molecule has 0 heterocycles. The Morgan fingerprint density at radius 2 is 1.56 bits per heavy atom. The minimum Gasteiger partial charge on any atom is -0.479 e. The third-order valence-corrected chi connectivity index (χ3v) is 2.59. The van der Waals surface area contributed by atoms with Gasteiger partial charge in [0.2, 0.25) is 0 Å². The molecule has 0 aliphatic rings. The zero-order chi connectivity index (χ0) is 12.8. The van der Waals surface area contributed by atoms with E-state index in [0.29, 0.717) is 5.56 Å². The maximum absolute atomic E-state index is 11.2. The molecule has 1 atom stereocenters. The number of carbonyl (C=O) groups is 1. The molecule has 92 valence electrons. The van der Waals surface area contributed by atoms with Crippen LogP contribution in [0, 0.1) is 0 Å². The highest BCUT2D eigenvalue weighted by atomic mass is 16.5. The Balaban J connectivity index is 2.06. The molecular weight excluding hydrogens is 228 g/mol. The van der Waals surface area contributed by atoms with Gasteiger partial charge in [0.05, 0.1) is 6.61 Å². The normalized spacial score (nSPS) is 12.0. The Bertz CT molecular complexity index is 494. The van der Waals surface area contributed by atoms with Crippen LogP contribution in [0.1, 0.15) is 17.2 Å². The maximum Gasteiger partial charge on any atom is 0.337 e. The molecule has 18 heavy (non-hydrogen) atoms. The molecule has 1 N–H and O–H groups in total. The van der Waals surface area contributed by atoms with E-state index in [1.54, 1.807) is 24.3 Å². The van der Waals surface area contributed by atoms with Gasteiger partial charge in [-0.25, -0.2) is 4.79 Å². The number of hydrogen-bond donors (Lipinski definition) is 1. The maximum atomic E-state index is 11.2. The van der Waals surface area contributed by atoms with Gasteiger partial charge in [0.1, 0.15) is 0 Å². The van der Waals surface area contributed by atoms with E-state index in [-0.39, 0.29) is 6.61 Å². The van der Waals surface area contributed by atoms with E-state index < -0.39 is 12.1 Å². The molecule has 0 aromatic heterocycles. The SMILES string of the molecule is O=C(O)C(OCc1ccccc1)c1ccccc1. The molecule has 3 heteroatoms. The Morgan fingerprint density at radius 1 is 1.00 bits per heavy atom. The molecular formula is C15H14O3. The van der Waals surface area contributed by atoms with Crippen molar-refractivity contribution in [3.05, 3.63) is 71.8 Å². The third kappa shape index (κ3) is 3.18. The number of aliphatic carboxylic acids is 1. The van der Waals surface area contributed by atoms with Crippen molar-refractivity contribution in [1.29, 1.82) is 0 Å². The van der Waals surface area contributed by atoms with Crippen molar-refractivity contribution in [2.45, 2.75) is 12.7 Å². The van der Waals surface area contributed by atoms with E-state index >= 15 is 0 Å². The van der Waals surface area contributed by atoms with Crippen molar-refractivity contribution in [1.82, 2.24) is 0 Å².